The molecule has 0 aliphatic heterocycles. The first kappa shape index (κ1) is 25.9. The van der Waals surface area contributed by atoms with E-state index in [1.165, 1.54) is 0 Å². The van der Waals surface area contributed by atoms with Crippen LogP contribution in [0.25, 0.3) is 11.0 Å². The van der Waals surface area contributed by atoms with Crippen LogP contribution in [0.5, 0.6) is 5.75 Å². The highest BCUT2D eigenvalue weighted by molar-refractivity contribution is 5.81. The smallest absolute Gasteiger partial charge is 0.243 e. The SMILES string of the molecule is COc1ccc(CC(=O)NCCc2nc3ccccc3n2CC(=O)N(Cc2ccccc2)C(C)C)cc1. The van der Waals surface area contributed by atoms with Gasteiger partial charge in [-0.3, -0.25) is 9.59 Å². The number of hydrogen-bond acceptors (Lipinski definition) is 4. The van der Waals surface area contributed by atoms with E-state index in [0.717, 1.165) is 33.7 Å². The van der Waals surface area contributed by atoms with Crippen LogP contribution in [0, 0.1) is 0 Å². The molecule has 0 saturated carbocycles. The van der Waals surface area contributed by atoms with Crippen LogP contribution in [0.3, 0.4) is 0 Å². The summed E-state index contributed by atoms with van der Waals surface area (Å²) in [4.78, 5) is 32.7. The summed E-state index contributed by atoms with van der Waals surface area (Å²) in [6.45, 7) is 5.25. The number of nitrogens with one attached hydrogen (secondary N) is 1. The molecule has 0 radical (unpaired) electrons. The molecular formula is C30H34N4O3. The number of hydrogen-bond donors (Lipinski definition) is 1. The minimum atomic E-state index is -0.0576. The molecule has 0 unspecified atom stereocenters. The van der Waals surface area contributed by atoms with Crippen LogP contribution in [-0.2, 0) is 35.5 Å². The van der Waals surface area contributed by atoms with Gasteiger partial charge >= 0.3 is 0 Å². The first-order valence-corrected chi connectivity index (χ1v) is 12.6. The molecule has 2 amide bonds. The molecule has 0 saturated heterocycles. The van der Waals surface area contributed by atoms with Crippen molar-refractivity contribution < 1.29 is 14.3 Å². The maximum Gasteiger partial charge on any atom is 0.243 e. The zero-order valence-corrected chi connectivity index (χ0v) is 21.7. The van der Waals surface area contributed by atoms with Crippen LogP contribution in [-0.4, -0.2) is 46.0 Å². The maximum atomic E-state index is 13.5. The molecule has 1 aromatic heterocycles. The van der Waals surface area contributed by atoms with Gasteiger partial charge < -0.3 is 19.5 Å². The molecule has 7 nitrogen and oxygen atoms in total. The largest absolute Gasteiger partial charge is 0.497 e. The lowest BCUT2D eigenvalue weighted by Crippen LogP contribution is -2.39. The Morgan fingerprint density at radius 1 is 0.946 bits per heavy atom. The summed E-state index contributed by atoms with van der Waals surface area (Å²) in [6, 6.07) is 25.4. The Labute approximate surface area is 218 Å². The maximum absolute atomic E-state index is 13.5. The number of ether oxygens (including phenoxy) is 1. The molecule has 192 valence electrons. The van der Waals surface area contributed by atoms with Crippen LogP contribution in [0.15, 0.2) is 78.9 Å². The number of imidazole rings is 1. The van der Waals surface area contributed by atoms with E-state index in [0.29, 0.717) is 25.9 Å². The second-order valence-corrected chi connectivity index (χ2v) is 9.33. The summed E-state index contributed by atoms with van der Waals surface area (Å²) in [5.74, 6) is 1.52. The van der Waals surface area contributed by atoms with E-state index >= 15 is 0 Å². The predicted molar refractivity (Wildman–Crippen MR) is 145 cm³/mol. The van der Waals surface area contributed by atoms with E-state index in [1.54, 1.807) is 7.11 Å². The number of fused-ring (bicyclic) bond motifs is 1. The average Bonchev–Trinajstić information content (AvgIpc) is 3.25. The van der Waals surface area contributed by atoms with Crippen molar-refractivity contribution >= 4 is 22.8 Å². The standard InChI is InChI=1S/C30H34N4O3/c1-22(2)33(20-24-9-5-4-6-10-24)30(36)21-34-27-12-8-7-11-26(27)32-28(34)17-18-31-29(35)19-23-13-15-25(37-3)16-14-23/h4-16,22H,17-21H2,1-3H3,(H,31,35). The van der Waals surface area contributed by atoms with Crippen molar-refractivity contribution in [2.45, 2.75) is 45.8 Å². The Morgan fingerprint density at radius 3 is 2.35 bits per heavy atom. The Kier molecular flexibility index (Phi) is 8.56. The fourth-order valence-corrected chi connectivity index (χ4v) is 4.36. The number of benzene rings is 3. The molecule has 0 bridgehead atoms. The molecule has 0 spiro atoms. The third-order valence-corrected chi connectivity index (χ3v) is 6.36. The van der Waals surface area contributed by atoms with Gasteiger partial charge in [0.2, 0.25) is 11.8 Å². The van der Waals surface area contributed by atoms with Crippen molar-refractivity contribution in [3.63, 3.8) is 0 Å². The monoisotopic (exact) mass is 498 g/mol. The predicted octanol–water partition coefficient (Wildman–Crippen LogP) is 4.38. The number of aromatic nitrogens is 2. The van der Waals surface area contributed by atoms with Crippen molar-refractivity contribution in [2.75, 3.05) is 13.7 Å². The zero-order valence-electron chi connectivity index (χ0n) is 21.7. The van der Waals surface area contributed by atoms with Gasteiger partial charge in [0.1, 0.15) is 18.1 Å². The average molecular weight is 499 g/mol. The molecular weight excluding hydrogens is 464 g/mol. The topological polar surface area (TPSA) is 76.5 Å². The number of rotatable bonds is 11. The van der Waals surface area contributed by atoms with Crippen molar-refractivity contribution in [2.24, 2.45) is 0 Å². The minimum absolute atomic E-state index is 0.0341. The number of amides is 2. The third kappa shape index (κ3) is 6.76. The number of carbonyl (C=O) groups excluding carboxylic acids is 2. The normalized spacial score (nSPS) is 11.0. The van der Waals surface area contributed by atoms with Gasteiger partial charge in [-0.2, -0.15) is 0 Å². The summed E-state index contributed by atoms with van der Waals surface area (Å²) in [5.41, 5.74) is 3.77. The van der Waals surface area contributed by atoms with Crippen LogP contribution >= 0.6 is 0 Å². The number of methoxy groups -OCH3 is 1. The molecule has 0 fully saturated rings. The molecule has 0 atom stereocenters. The van der Waals surface area contributed by atoms with E-state index in [9.17, 15) is 9.59 Å². The molecule has 4 rings (SSSR count). The van der Waals surface area contributed by atoms with Gasteiger partial charge in [0.15, 0.2) is 0 Å². The highest BCUT2D eigenvalue weighted by atomic mass is 16.5. The lowest BCUT2D eigenvalue weighted by molar-refractivity contribution is -0.134. The van der Waals surface area contributed by atoms with Gasteiger partial charge in [-0.05, 0) is 49.2 Å². The van der Waals surface area contributed by atoms with Crippen LogP contribution < -0.4 is 10.1 Å². The van der Waals surface area contributed by atoms with Crippen LogP contribution in [0.1, 0.15) is 30.8 Å². The van der Waals surface area contributed by atoms with Crippen LogP contribution in [0.2, 0.25) is 0 Å². The summed E-state index contributed by atoms with van der Waals surface area (Å²) in [7, 11) is 1.62. The molecule has 0 aliphatic carbocycles. The van der Waals surface area contributed by atoms with Crippen molar-refractivity contribution in [3.8, 4) is 5.75 Å². The lowest BCUT2D eigenvalue weighted by Gasteiger charge is -2.27. The zero-order chi connectivity index (χ0) is 26.2. The van der Waals surface area contributed by atoms with Crippen molar-refractivity contribution in [1.29, 1.82) is 0 Å². The van der Waals surface area contributed by atoms with Gasteiger partial charge in [0.25, 0.3) is 0 Å². The highest BCUT2D eigenvalue weighted by Crippen LogP contribution is 2.18. The van der Waals surface area contributed by atoms with Gasteiger partial charge in [-0.25, -0.2) is 4.98 Å². The third-order valence-electron chi connectivity index (χ3n) is 6.36. The molecule has 0 aliphatic rings. The molecule has 1 N–H and O–H groups in total. The number of carbonyl (C=O) groups is 2. The summed E-state index contributed by atoms with van der Waals surface area (Å²) in [6.07, 6.45) is 0.818. The number of para-hydroxylation sites is 2. The summed E-state index contributed by atoms with van der Waals surface area (Å²) in [5, 5.41) is 2.99. The second-order valence-electron chi connectivity index (χ2n) is 9.33. The van der Waals surface area contributed by atoms with Gasteiger partial charge in [0, 0.05) is 25.6 Å². The van der Waals surface area contributed by atoms with E-state index in [4.69, 9.17) is 9.72 Å². The van der Waals surface area contributed by atoms with E-state index in [-0.39, 0.29) is 24.4 Å². The molecule has 4 aromatic rings. The Balaban J connectivity index is 1.44. The highest BCUT2D eigenvalue weighted by Gasteiger charge is 2.21. The van der Waals surface area contributed by atoms with Crippen LogP contribution in [0.4, 0.5) is 0 Å². The number of nitrogens with zero attached hydrogens (tertiary/aromatic N) is 3. The van der Waals surface area contributed by atoms with E-state index in [2.05, 4.69) is 5.32 Å². The first-order valence-electron chi connectivity index (χ1n) is 12.6. The lowest BCUT2D eigenvalue weighted by atomic mass is 10.1. The fraction of sp³-hybridized carbons (Fsp3) is 0.300. The Bertz CT molecular complexity index is 1330. The Hall–Kier alpha value is -4.13. The van der Waals surface area contributed by atoms with Crippen molar-refractivity contribution in [3.05, 3.63) is 95.8 Å². The Morgan fingerprint density at radius 2 is 1.65 bits per heavy atom. The van der Waals surface area contributed by atoms with Gasteiger partial charge in [-0.15, -0.1) is 0 Å². The van der Waals surface area contributed by atoms with E-state index in [1.807, 2.05) is 102 Å². The second kappa shape index (κ2) is 12.2. The van der Waals surface area contributed by atoms with Gasteiger partial charge in [0.05, 0.1) is 24.6 Å². The molecule has 1 heterocycles. The fourth-order valence-electron chi connectivity index (χ4n) is 4.36. The summed E-state index contributed by atoms with van der Waals surface area (Å²) >= 11 is 0. The molecule has 3 aromatic carbocycles. The summed E-state index contributed by atoms with van der Waals surface area (Å²) < 4.78 is 7.15. The van der Waals surface area contributed by atoms with Crippen molar-refractivity contribution in [1.82, 2.24) is 19.8 Å². The van der Waals surface area contributed by atoms with Gasteiger partial charge in [-0.1, -0.05) is 54.6 Å². The molecule has 7 heteroatoms. The first-order chi connectivity index (χ1) is 17.9. The molecule has 37 heavy (non-hydrogen) atoms. The minimum Gasteiger partial charge on any atom is -0.497 e. The van der Waals surface area contributed by atoms with E-state index < -0.39 is 0 Å². The quantitative estimate of drug-likeness (QED) is 0.333.